The fourth-order valence-electron chi connectivity index (χ4n) is 3.49. The van der Waals surface area contributed by atoms with Crippen LogP contribution < -0.4 is 0 Å². The summed E-state index contributed by atoms with van der Waals surface area (Å²) in [6.45, 7) is 7.37. The zero-order chi connectivity index (χ0) is 15.2. The molecule has 2 fully saturated rings. The Balaban J connectivity index is 1.52. The van der Waals surface area contributed by atoms with Gasteiger partial charge in [-0.1, -0.05) is 24.1 Å². The molecule has 122 valence electrons. The molecule has 2 aliphatic rings. The normalized spacial score (nSPS) is 24.5. The molecule has 0 aliphatic carbocycles. The van der Waals surface area contributed by atoms with Crippen LogP contribution in [-0.4, -0.2) is 60.2 Å². The third kappa shape index (κ3) is 4.66. The summed E-state index contributed by atoms with van der Waals surface area (Å²) in [5.41, 5.74) is 1.27. The van der Waals surface area contributed by atoms with Crippen molar-refractivity contribution >= 4 is 11.6 Å². The minimum absolute atomic E-state index is 0.575. The highest BCUT2D eigenvalue weighted by Gasteiger charge is 2.23. The summed E-state index contributed by atoms with van der Waals surface area (Å²) in [7, 11) is 0. The molecule has 0 bridgehead atoms. The number of hydrogen-bond acceptors (Lipinski definition) is 4. The predicted molar refractivity (Wildman–Crippen MR) is 89.2 cm³/mol. The molecule has 0 N–H and O–H groups in total. The lowest BCUT2D eigenvalue weighted by Gasteiger charge is -2.37. The van der Waals surface area contributed by atoms with Crippen molar-refractivity contribution in [2.24, 2.45) is 0 Å². The monoisotopic (exact) mass is 323 g/mol. The van der Waals surface area contributed by atoms with Crippen molar-refractivity contribution in [2.75, 3.05) is 39.4 Å². The number of piperidine rings is 1. The Bertz CT molecular complexity index is 448. The van der Waals surface area contributed by atoms with Gasteiger partial charge in [-0.3, -0.25) is 9.80 Å². The molecule has 0 radical (unpaired) electrons. The lowest BCUT2D eigenvalue weighted by Crippen LogP contribution is -2.43. The first-order valence-corrected chi connectivity index (χ1v) is 8.83. The van der Waals surface area contributed by atoms with E-state index in [1.807, 2.05) is 12.3 Å². The van der Waals surface area contributed by atoms with Crippen LogP contribution in [0.2, 0.25) is 5.15 Å². The number of likely N-dealkylation sites (tertiary alicyclic amines) is 1. The average Bonchev–Trinajstić information content (AvgIpc) is 2.57. The van der Waals surface area contributed by atoms with Crippen molar-refractivity contribution in [2.45, 2.75) is 38.3 Å². The van der Waals surface area contributed by atoms with E-state index in [-0.39, 0.29) is 0 Å². The minimum atomic E-state index is 0.575. The molecule has 22 heavy (non-hydrogen) atoms. The van der Waals surface area contributed by atoms with Gasteiger partial charge in [-0.2, -0.15) is 0 Å². The van der Waals surface area contributed by atoms with Crippen molar-refractivity contribution in [1.82, 2.24) is 14.8 Å². The van der Waals surface area contributed by atoms with E-state index in [1.54, 1.807) is 0 Å². The summed E-state index contributed by atoms with van der Waals surface area (Å²) in [4.78, 5) is 9.38. The maximum Gasteiger partial charge on any atom is 0.129 e. The third-order valence-electron chi connectivity index (χ3n) is 4.81. The van der Waals surface area contributed by atoms with E-state index in [0.29, 0.717) is 11.2 Å². The number of aromatic nitrogens is 1. The molecule has 0 saturated carbocycles. The van der Waals surface area contributed by atoms with Crippen LogP contribution in [0.15, 0.2) is 18.3 Å². The van der Waals surface area contributed by atoms with E-state index in [2.05, 4.69) is 20.9 Å². The van der Waals surface area contributed by atoms with Gasteiger partial charge >= 0.3 is 0 Å². The third-order valence-corrected chi connectivity index (χ3v) is 5.03. The first-order chi connectivity index (χ1) is 10.8. The highest BCUT2D eigenvalue weighted by atomic mass is 35.5. The predicted octanol–water partition coefficient (Wildman–Crippen LogP) is 2.81. The highest BCUT2D eigenvalue weighted by molar-refractivity contribution is 6.29. The molecule has 0 amide bonds. The van der Waals surface area contributed by atoms with Crippen LogP contribution in [0.3, 0.4) is 0 Å². The van der Waals surface area contributed by atoms with Gasteiger partial charge in [-0.05, 0) is 44.0 Å². The molecule has 1 atom stereocenters. The Kier molecular flexibility index (Phi) is 6.07. The maximum atomic E-state index is 5.88. The van der Waals surface area contributed by atoms with Crippen molar-refractivity contribution < 1.29 is 4.74 Å². The van der Waals surface area contributed by atoms with E-state index in [9.17, 15) is 0 Å². The quantitative estimate of drug-likeness (QED) is 0.779. The molecular formula is C17H26ClN3O. The molecule has 0 spiro atoms. The van der Waals surface area contributed by atoms with E-state index in [4.69, 9.17) is 16.3 Å². The second-order valence-corrected chi connectivity index (χ2v) is 6.74. The average molecular weight is 324 g/mol. The van der Waals surface area contributed by atoms with Crippen molar-refractivity contribution in [3.8, 4) is 0 Å². The van der Waals surface area contributed by atoms with Crippen molar-refractivity contribution in [1.29, 1.82) is 0 Å². The minimum Gasteiger partial charge on any atom is -0.379 e. The second-order valence-electron chi connectivity index (χ2n) is 6.35. The Morgan fingerprint density at radius 1 is 1.18 bits per heavy atom. The van der Waals surface area contributed by atoms with Crippen LogP contribution in [0.25, 0.3) is 0 Å². The summed E-state index contributed by atoms with van der Waals surface area (Å²) in [6, 6.07) is 4.69. The van der Waals surface area contributed by atoms with Gasteiger partial charge in [0, 0.05) is 31.9 Å². The van der Waals surface area contributed by atoms with Crippen LogP contribution >= 0.6 is 11.6 Å². The van der Waals surface area contributed by atoms with Crippen LogP contribution in [0.5, 0.6) is 0 Å². The number of halogens is 1. The van der Waals surface area contributed by atoms with E-state index in [1.165, 1.54) is 44.3 Å². The fraction of sp³-hybridized carbons (Fsp3) is 0.706. The van der Waals surface area contributed by atoms with E-state index < -0.39 is 0 Å². The standard InChI is InChI=1S/C17H26ClN3O/c18-17-5-4-15(13-19-17)14-21-7-2-1-3-16(21)6-8-20-9-11-22-12-10-20/h4-5,13,16H,1-3,6-12,14H2/t16-/m0/s1. The summed E-state index contributed by atoms with van der Waals surface area (Å²) >= 11 is 5.88. The van der Waals surface area contributed by atoms with Crippen LogP contribution in [-0.2, 0) is 11.3 Å². The summed E-state index contributed by atoms with van der Waals surface area (Å²) in [6.07, 6.45) is 7.18. The number of nitrogens with zero attached hydrogens (tertiary/aromatic N) is 3. The largest absolute Gasteiger partial charge is 0.379 e. The zero-order valence-electron chi connectivity index (χ0n) is 13.2. The molecule has 3 rings (SSSR count). The molecule has 1 aromatic rings. The van der Waals surface area contributed by atoms with Gasteiger partial charge in [0.05, 0.1) is 13.2 Å². The van der Waals surface area contributed by atoms with E-state index in [0.717, 1.165) is 32.8 Å². The number of morpholine rings is 1. The van der Waals surface area contributed by atoms with Gasteiger partial charge in [0.25, 0.3) is 0 Å². The first kappa shape index (κ1) is 16.2. The number of pyridine rings is 1. The lowest BCUT2D eigenvalue weighted by molar-refractivity contribution is 0.0302. The summed E-state index contributed by atoms with van der Waals surface area (Å²) in [5, 5.41) is 0.575. The van der Waals surface area contributed by atoms with Crippen LogP contribution in [0, 0.1) is 0 Å². The maximum absolute atomic E-state index is 5.88. The smallest absolute Gasteiger partial charge is 0.129 e. The second kappa shape index (κ2) is 8.25. The Morgan fingerprint density at radius 2 is 2.05 bits per heavy atom. The summed E-state index contributed by atoms with van der Waals surface area (Å²) in [5.74, 6) is 0. The van der Waals surface area contributed by atoms with Crippen LogP contribution in [0.1, 0.15) is 31.2 Å². The molecule has 0 aromatic carbocycles. The van der Waals surface area contributed by atoms with Gasteiger partial charge in [0.15, 0.2) is 0 Å². The fourth-order valence-corrected chi connectivity index (χ4v) is 3.60. The number of hydrogen-bond donors (Lipinski definition) is 0. The van der Waals surface area contributed by atoms with Crippen LogP contribution in [0.4, 0.5) is 0 Å². The van der Waals surface area contributed by atoms with Crippen molar-refractivity contribution in [3.63, 3.8) is 0 Å². The van der Waals surface area contributed by atoms with E-state index >= 15 is 0 Å². The SMILES string of the molecule is Clc1ccc(CN2CCCC[C@H]2CCN2CCOCC2)cn1. The Labute approximate surface area is 138 Å². The molecule has 2 saturated heterocycles. The van der Waals surface area contributed by atoms with Gasteiger partial charge in [0.2, 0.25) is 0 Å². The Hall–Kier alpha value is -0.680. The first-order valence-electron chi connectivity index (χ1n) is 8.46. The molecule has 2 aliphatic heterocycles. The summed E-state index contributed by atoms with van der Waals surface area (Å²) < 4.78 is 5.43. The lowest BCUT2D eigenvalue weighted by atomic mass is 9.98. The molecule has 3 heterocycles. The molecule has 1 aromatic heterocycles. The highest BCUT2D eigenvalue weighted by Crippen LogP contribution is 2.22. The van der Waals surface area contributed by atoms with Gasteiger partial charge in [0.1, 0.15) is 5.15 Å². The topological polar surface area (TPSA) is 28.6 Å². The Morgan fingerprint density at radius 3 is 2.82 bits per heavy atom. The molecular weight excluding hydrogens is 298 g/mol. The van der Waals surface area contributed by atoms with Crippen molar-refractivity contribution in [3.05, 3.63) is 29.0 Å². The molecule has 4 nitrogen and oxygen atoms in total. The van der Waals surface area contributed by atoms with Gasteiger partial charge in [-0.25, -0.2) is 4.98 Å². The van der Waals surface area contributed by atoms with Gasteiger partial charge < -0.3 is 4.74 Å². The molecule has 0 unspecified atom stereocenters. The number of ether oxygens (including phenoxy) is 1. The van der Waals surface area contributed by atoms with Gasteiger partial charge in [-0.15, -0.1) is 0 Å². The number of rotatable bonds is 5. The molecule has 5 heteroatoms. The zero-order valence-corrected chi connectivity index (χ0v) is 14.0.